The van der Waals surface area contributed by atoms with E-state index in [1.807, 2.05) is 12.1 Å². The average Bonchev–Trinajstić information content (AvgIpc) is 2.72. The van der Waals surface area contributed by atoms with Crippen molar-refractivity contribution in [3.8, 4) is 16.9 Å². The van der Waals surface area contributed by atoms with Gasteiger partial charge < -0.3 is 4.74 Å². The van der Waals surface area contributed by atoms with Crippen molar-refractivity contribution in [3.63, 3.8) is 0 Å². The molecule has 0 aliphatic heterocycles. The molecule has 3 aromatic rings. The lowest BCUT2D eigenvalue weighted by Gasteiger charge is -2.25. The first-order valence-corrected chi connectivity index (χ1v) is 12.7. The van der Waals surface area contributed by atoms with Crippen molar-refractivity contribution in [2.75, 3.05) is 17.6 Å². The van der Waals surface area contributed by atoms with Gasteiger partial charge in [0.25, 0.3) is 0 Å². The molecule has 0 bridgehead atoms. The number of nitrogens with one attached hydrogen (secondary N) is 1. The second-order valence-corrected chi connectivity index (χ2v) is 10.1. The SMILES string of the molecule is CS(=O)(=O)Nc1ccc(-c2ccc(CCOc3ccc(CC4CCC4)cc3)cc2)cc1. The summed E-state index contributed by atoms with van der Waals surface area (Å²) >= 11 is 0. The van der Waals surface area contributed by atoms with Crippen molar-refractivity contribution >= 4 is 15.7 Å². The summed E-state index contributed by atoms with van der Waals surface area (Å²) in [4.78, 5) is 0. The highest BCUT2D eigenvalue weighted by Gasteiger charge is 2.17. The van der Waals surface area contributed by atoms with Crippen LogP contribution in [0.3, 0.4) is 0 Å². The minimum absolute atomic E-state index is 0.566. The number of hydrogen-bond donors (Lipinski definition) is 1. The molecule has 0 heterocycles. The maximum atomic E-state index is 11.3. The molecule has 1 aliphatic rings. The van der Waals surface area contributed by atoms with Crippen LogP contribution in [0.1, 0.15) is 30.4 Å². The van der Waals surface area contributed by atoms with Gasteiger partial charge in [-0.2, -0.15) is 0 Å². The zero-order valence-corrected chi connectivity index (χ0v) is 18.7. The fourth-order valence-electron chi connectivity index (χ4n) is 3.85. The molecule has 0 unspecified atom stereocenters. The predicted molar refractivity (Wildman–Crippen MR) is 127 cm³/mol. The molecule has 0 amide bonds. The Labute approximate surface area is 185 Å². The maximum absolute atomic E-state index is 11.3. The Hall–Kier alpha value is -2.79. The van der Waals surface area contributed by atoms with Gasteiger partial charge in [-0.15, -0.1) is 0 Å². The van der Waals surface area contributed by atoms with Crippen molar-refractivity contribution in [1.29, 1.82) is 0 Å². The number of ether oxygens (including phenoxy) is 1. The summed E-state index contributed by atoms with van der Waals surface area (Å²) < 4.78 is 31.0. The summed E-state index contributed by atoms with van der Waals surface area (Å²) in [6, 6.07) is 24.3. The normalized spacial score (nSPS) is 14.1. The van der Waals surface area contributed by atoms with Crippen molar-refractivity contribution in [2.45, 2.75) is 32.1 Å². The standard InChI is InChI=1S/C26H29NO3S/c1-31(28,29)27-25-13-11-24(12-14-25)23-9-5-20(6-10-23)17-18-30-26-15-7-22(8-16-26)19-21-3-2-4-21/h5-16,21,27H,2-4,17-19H2,1H3. The summed E-state index contributed by atoms with van der Waals surface area (Å²) in [5, 5.41) is 0. The van der Waals surface area contributed by atoms with E-state index in [2.05, 4.69) is 53.3 Å². The number of sulfonamides is 1. The fourth-order valence-corrected chi connectivity index (χ4v) is 4.41. The van der Waals surface area contributed by atoms with Gasteiger partial charge in [-0.3, -0.25) is 4.72 Å². The van der Waals surface area contributed by atoms with Crippen LogP contribution in [0.4, 0.5) is 5.69 Å². The van der Waals surface area contributed by atoms with Crippen molar-refractivity contribution in [1.82, 2.24) is 0 Å². The van der Waals surface area contributed by atoms with E-state index in [0.29, 0.717) is 12.3 Å². The van der Waals surface area contributed by atoms with E-state index in [1.54, 1.807) is 12.1 Å². The molecule has 0 spiro atoms. The van der Waals surface area contributed by atoms with Gasteiger partial charge in [0.05, 0.1) is 12.9 Å². The van der Waals surface area contributed by atoms with Crippen LogP contribution in [0.5, 0.6) is 5.75 Å². The molecule has 5 heteroatoms. The summed E-state index contributed by atoms with van der Waals surface area (Å²) in [6.07, 6.45) is 7.34. The van der Waals surface area contributed by atoms with E-state index < -0.39 is 10.0 Å². The molecule has 0 radical (unpaired) electrons. The van der Waals surface area contributed by atoms with Gasteiger partial charge in [0.2, 0.25) is 10.0 Å². The van der Waals surface area contributed by atoms with Gasteiger partial charge in [-0.25, -0.2) is 8.42 Å². The Morgan fingerprint density at radius 2 is 1.42 bits per heavy atom. The van der Waals surface area contributed by atoms with Crippen LogP contribution in [0.25, 0.3) is 11.1 Å². The maximum Gasteiger partial charge on any atom is 0.229 e. The van der Waals surface area contributed by atoms with Gasteiger partial charge in [0.1, 0.15) is 5.75 Å². The molecule has 3 aromatic carbocycles. The zero-order chi connectivity index (χ0) is 21.7. The number of rotatable bonds is 9. The topological polar surface area (TPSA) is 55.4 Å². The van der Waals surface area contributed by atoms with Crippen LogP contribution in [0.2, 0.25) is 0 Å². The highest BCUT2D eigenvalue weighted by atomic mass is 32.2. The summed E-state index contributed by atoms with van der Waals surface area (Å²) in [5.41, 5.74) is 5.34. The van der Waals surface area contributed by atoms with Crippen molar-refractivity contribution in [3.05, 3.63) is 83.9 Å². The lowest BCUT2D eigenvalue weighted by Crippen LogP contribution is -2.13. The lowest BCUT2D eigenvalue weighted by molar-refractivity contribution is 0.313. The summed E-state index contributed by atoms with van der Waals surface area (Å²) in [5.74, 6) is 1.81. The largest absolute Gasteiger partial charge is 0.493 e. The van der Waals surface area contributed by atoms with Gasteiger partial charge >= 0.3 is 0 Å². The molecule has 1 saturated carbocycles. The Morgan fingerprint density at radius 3 is 1.97 bits per heavy atom. The van der Waals surface area contributed by atoms with Crippen molar-refractivity contribution < 1.29 is 13.2 Å². The van der Waals surface area contributed by atoms with E-state index in [0.717, 1.165) is 35.5 Å². The monoisotopic (exact) mass is 435 g/mol. The van der Waals surface area contributed by atoms with Crippen molar-refractivity contribution in [2.24, 2.45) is 5.92 Å². The second-order valence-electron chi connectivity index (χ2n) is 8.39. The summed E-state index contributed by atoms with van der Waals surface area (Å²) in [6.45, 7) is 0.646. The van der Waals surface area contributed by atoms with Crippen LogP contribution in [-0.2, 0) is 22.9 Å². The molecule has 1 fully saturated rings. The minimum atomic E-state index is -3.26. The molecular formula is C26H29NO3S. The molecule has 1 N–H and O–H groups in total. The Balaban J connectivity index is 1.26. The first-order valence-electron chi connectivity index (χ1n) is 10.8. The molecule has 0 atom stereocenters. The van der Waals surface area contributed by atoms with Gasteiger partial charge in [0.15, 0.2) is 0 Å². The third-order valence-electron chi connectivity index (χ3n) is 5.81. The van der Waals surface area contributed by atoms with Gasteiger partial charge in [-0.1, -0.05) is 67.8 Å². The zero-order valence-electron chi connectivity index (χ0n) is 17.9. The fraction of sp³-hybridized carbons (Fsp3) is 0.308. The van der Waals surface area contributed by atoms with Crippen LogP contribution in [0.15, 0.2) is 72.8 Å². The minimum Gasteiger partial charge on any atom is -0.493 e. The molecule has 162 valence electrons. The first-order chi connectivity index (χ1) is 14.9. The second kappa shape index (κ2) is 9.56. The molecule has 1 aliphatic carbocycles. The highest BCUT2D eigenvalue weighted by Crippen LogP contribution is 2.30. The predicted octanol–water partition coefficient (Wildman–Crippen LogP) is 5.69. The van der Waals surface area contributed by atoms with Crippen LogP contribution in [-0.4, -0.2) is 21.3 Å². The Morgan fingerprint density at radius 1 is 0.839 bits per heavy atom. The number of hydrogen-bond acceptors (Lipinski definition) is 3. The van der Waals surface area contributed by atoms with Crippen LogP contribution in [0, 0.1) is 5.92 Å². The molecular weight excluding hydrogens is 406 g/mol. The van der Waals surface area contributed by atoms with E-state index in [-0.39, 0.29) is 0 Å². The quantitative estimate of drug-likeness (QED) is 0.470. The molecule has 4 nitrogen and oxygen atoms in total. The molecule has 0 aromatic heterocycles. The third kappa shape index (κ3) is 6.34. The van der Waals surface area contributed by atoms with Gasteiger partial charge in [-0.05, 0) is 58.9 Å². The number of anilines is 1. The molecule has 31 heavy (non-hydrogen) atoms. The first kappa shape index (κ1) is 21.4. The van der Waals surface area contributed by atoms with E-state index in [1.165, 1.54) is 36.8 Å². The van der Waals surface area contributed by atoms with Gasteiger partial charge in [0, 0.05) is 12.1 Å². The Kier molecular flexibility index (Phi) is 6.62. The lowest BCUT2D eigenvalue weighted by atomic mass is 9.81. The van der Waals surface area contributed by atoms with E-state index in [9.17, 15) is 8.42 Å². The smallest absolute Gasteiger partial charge is 0.229 e. The van der Waals surface area contributed by atoms with Crippen LogP contribution >= 0.6 is 0 Å². The number of benzene rings is 3. The van der Waals surface area contributed by atoms with E-state index in [4.69, 9.17) is 4.74 Å². The Bertz CT molecular complexity index is 1080. The molecule has 0 saturated heterocycles. The van der Waals surface area contributed by atoms with Crippen LogP contribution < -0.4 is 9.46 Å². The highest BCUT2D eigenvalue weighted by molar-refractivity contribution is 7.92. The van der Waals surface area contributed by atoms with E-state index >= 15 is 0 Å². The average molecular weight is 436 g/mol. The summed E-state index contributed by atoms with van der Waals surface area (Å²) in [7, 11) is -3.26. The third-order valence-corrected chi connectivity index (χ3v) is 6.41. The molecule has 4 rings (SSSR count).